The largest absolute Gasteiger partial charge is 0.466 e. The van der Waals surface area contributed by atoms with Gasteiger partial charge >= 0.3 is 0 Å². The van der Waals surface area contributed by atoms with Crippen molar-refractivity contribution < 1.29 is 14.2 Å². The van der Waals surface area contributed by atoms with Crippen LogP contribution in [0.1, 0.15) is 0 Å². The highest BCUT2D eigenvalue weighted by molar-refractivity contribution is 5.15. The predicted molar refractivity (Wildman–Crippen MR) is 60.5 cm³/mol. The molecule has 2 aromatic rings. The topological polar surface area (TPSA) is 53.5 Å². The summed E-state index contributed by atoms with van der Waals surface area (Å²) in [5.41, 5.74) is 0. The Morgan fingerprint density at radius 2 is 1.35 bits per heavy atom. The lowest BCUT2D eigenvalue weighted by atomic mass is 10.5. The summed E-state index contributed by atoms with van der Waals surface area (Å²) in [6.07, 6.45) is 6.59. The van der Waals surface area contributed by atoms with Crippen molar-refractivity contribution in [2.45, 2.75) is 0 Å². The minimum absolute atomic E-state index is 0.117. The fourth-order valence-electron chi connectivity index (χ4n) is 1.12. The van der Waals surface area contributed by atoms with Crippen molar-refractivity contribution >= 4 is 0 Å². The molecule has 0 bridgehead atoms. The normalized spacial score (nSPS) is 9.88. The highest BCUT2D eigenvalue weighted by Crippen LogP contribution is 2.07. The Balaban J connectivity index is 1.61. The van der Waals surface area contributed by atoms with Crippen molar-refractivity contribution in [3.8, 4) is 11.5 Å². The predicted octanol–water partition coefficient (Wildman–Crippen LogP) is 1.87. The molecule has 0 aliphatic heterocycles. The second-order valence-electron chi connectivity index (χ2n) is 3.11. The molecule has 0 saturated heterocycles. The van der Waals surface area contributed by atoms with Crippen molar-refractivity contribution in [3.05, 3.63) is 49.1 Å². The van der Waals surface area contributed by atoms with E-state index in [1.54, 1.807) is 49.1 Å². The van der Waals surface area contributed by atoms with E-state index < -0.39 is 0 Å². The molecular weight excluding hydrogens is 220 g/mol. The van der Waals surface area contributed by atoms with Gasteiger partial charge < -0.3 is 14.2 Å². The van der Waals surface area contributed by atoms with E-state index in [9.17, 15) is 0 Å². The first-order valence-electron chi connectivity index (χ1n) is 5.08. The van der Waals surface area contributed by atoms with Crippen LogP contribution in [0.2, 0.25) is 0 Å². The molecule has 0 spiro atoms. The molecule has 0 amide bonds. The van der Waals surface area contributed by atoms with Gasteiger partial charge in [0.05, 0.1) is 12.4 Å². The van der Waals surface area contributed by atoms with Gasteiger partial charge in [0, 0.05) is 12.4 Å². The second kappa shape index (κ2) is 6.44. The summed E-state index contributed by atoms with van der Waals surface area (Å²) in [6, 6.07) is 7.19. The van der Waals surface area contributed by atoms with Crippen LogP contribution in [0.4, 0.5) is 0 Å². The average molecular weight is 232 g/mol. The second-order valence-corrected chi connectivity index (χ2v) is 3.11. The van der Waals surface area contributed by atoms with Gasteiger partial charge in [0.25, 0.3) is 0 Å². The molecule has 0 atom stereocenters. The van der Waals surface area contributed by atoms with Gasteiger partial charge in [-0.2, -0.15) is 0 Å². The molecule has 2 heterocycles. The molecule has 0 aliphatic carbocycles. The molecule has 0 unspecified atom stereocenters. The fraction of sp³-hybridized carbons (Fsp3) is 0.167. The molecule has 0 fully saturated rings. The van der Waals surface area contributed by atoms with Crippen LogP contribution in [0.25, 0.3) is 0 Å². The van der Waals surface area contributed by atoms with Gasteiger partial charge in [0.15, 0.2) is 13.6 Å². The van der Waals surface area contributed by atoms with Crippen LogP contribution in [0.5, 0.6) is 11.5 Å². The van der Waals surface area contributed by atoms with Gasteiger partial charge in [-0.15, -0.1) is 0 Å². The Bertz CT molecular complexity index is 381. The van der Waals surface area contributed by atoms with Gasteiger partial charge in [-0.25, -0.2) is 0 Å². The molecule has 5 nitrogen and oxygen atoms in total. The van der Waals surface area contributed by atoms with Crippen LogP contribution < -0.4 is 9.47 Å². The van der Waals surface area contributed by atoms with Gasteiger partial charge in [0.1, 0.15) is 11.5 Å². The smallest absolute Gasteiger partial charge is 0.192 e. The highest BCUT2D eigenvalue weighted by Gasteiger charge is 1.94. The number of pyridine rings is 2. The maximum absolute atomic E-state index is 5.26. The summed E-state index contributed by atoms with van der Waals surface area (Å²) < 4.78 is 15.7. The molecule has 2 aromatic heterocycles. The lowest BCUT2D eigenvalue weighted by molar-refractivity contribution is -0.0539. The Labute approximate surface area is 99.0 Å². The quantitative estimate of drug-likeness (QED) is 0.562. The van der Waals surface area contributed by atoms with Crippen LogP contribution >= 0.6 is 0 Å². The third-order valence-corrected chi connectivity index (χ3v) is 1.89. The zero-order valence-electron chi connectivity index (χ0n) is 9.15. The van der Waals surface area contributed by atoms with E-state index >= 15 is 0 Å². The zero-order valence-corrected chi connectivity index (χ0v) is 9.15. The van der Waals surface area contributed by atoms with Crippen molar-refractivity contribution in [2.24, 2.45) is 0 Å². The van der Waals surface area contributed by atoms with E-state index in [2.05, 4.69) is 9.97 Å². The number of hydrogen-bond donors (Lipinski definition) is 0. The van der Waals surface area contributed by atoms with Gasteiger partial charge in [-0.3, -0.25) is 9.97 Å². The first-order chi connectivity index (χ1) is 8.45. The average Bonchev–Trinajstić information content (AvgIpc) is 2.41. The first-order valence-corrected chi connectivity index (χ1v) is 5.08. The summed E-state index contributed by atoms with van der Waals surface area (Å²) in [4.78, 5) is 7.82. The van der Waals surface area contributed by atoms with Crippen LogP contribution in [0.3, 0.4) is 0 Å². The van der Waals surface area contributed by atoms with E-state index in [4.69, 9.17) is 14.2 Å². The molecule has 88 valence electrons. The van der Waals surface area contributed by atoms with Crippen molar-refractivity contribution in [1.29, 1.82) is 0 Å². The van der Waals surface area contributed by atoms with Gasteiger partial charge in [-0.05, 0) is 24.3 Å². The SMILES string of the molecule is c1cncc(OCOCOc2cccnc2)c1. The molecule has 0 radical (unpaired) electrons. The maximum Gasteiger partial charge on any atom is 0.192 e. The number of ether oxygens (including phenoxy) is 3. The molecule has 5 heteroatoms. The summed E-state index contributed by atoms with van der Waals surface area (Å²) in [5, 5.41) is 0. The van der Waals surface area contributed by atoms with E-state index in [0.29, 0.717) is 11.5 Å². The molecule has 0 aliphatic rings. The lowest BCUT2D eigenvalue weighted by Crippen LogP contribution is -2.08. The number of aromatic nitrogens is 2. The summed E-state index contributed by atoms with van der Waals surface area (Å²) in [6.45, 7) is 0.234. The molecule has 2 rings (SSSR count). The molecule has 0 N–H and O–H groups in total. The minimum atomic E-state index is 0.117. The summed E-state index contributed by atoms with van der Waals surface area (Å²) >= 11 is 0. The molecule has 17 heavy (non-hydrogen) atoms. The highest BCUT2D eigenvalue weighted by atomic mass is 16.7. The molecular formula is C12H12N2O3. The minimum Gasteiger partial charge on any atom is -0.466 e. The Morgan fingerprint density at radius 3 is 1.76 bits per heavy atom. The van der Waals surface area contributed by atoms with E-state index in [-0.39, 0.29) is 13.6 Å². The Kier molecular flexibility index (Phi) is 4.30. The van der Waals surface area contributed by atoms with Crippen molar-refractivity contribution in [2.75, 3.05) is 13.6 Å². The summed E-state index contributed by atoms with van der Waals surface area (Å²) in [7, 11) is 0. The monoisotopic (exact) mass is 232 g/mol. The van der Waals surface area contributed by atoms with E-state index in [1.807, 2.05) is 0 Å². The number of nitrogens with zero attached hydrogens (tertiary/aromatic N) is 2. The van der Waals surface area contributed by atoms with Crippen molar-refractivity contribution in [1.82, 2.24) is 9.97 Å². The fourth-order valence-corrected chi connectivity index (χ4v) is 1.12. The first kappa shape index (κ1) is 11.3. The third-order valence-electron chi connectivity index (χ3n) is 1.89. The molecule has 0 saturated carbocycles. The Morgan fingerprint density at radius 1 is 0.824 bits per heavy atom. The standard InChI is InChI=1S/C12H12N2O3/c1-3-11(7-13-5-1)16-9-15-10-17-12-4-2-6-14-8-12/h1-8H,9-10H2. The van der Waals surface area contributed by atoms with E-state index in [0.717, 1.165) is 0 Å². The van der Waals surface area contributed by atoms with E-state index in [1.165, 1.54) is 0 Å². The number of rotatable bonds is 6. The number of hydrogen-bond acceptors (Lipinski definition) is 5. The van der Waals surface area contributed by atoms with Crippen LogP contribution in [0, 0.1) is 0 Å². The zero-order chi connectivity index (χ0) is 11.8. The third kappa shape index (κ3) is 4.08. The molecule has 0 aromatic carbocycles. The van der Waals surface area contributed by atoms with Gasteiger partial charge in [-0.1, -0.05) is 0 Å². The van der Waals surface area contributed by atoms with Gasteiger partial charge in [0.2, 0.25) is 0 Å². The maximum atomic E-state index is 5.26. The van der Waals surface area contributed by atoms with Crippen LogP contribution in [0.15, 0.2) is 49.1 Å². The van der Waals surface area contributed by atoms with Crippen molar-refractivity contribution in [3.63, 3.8) is 0 Å². The lowest BCUT2D eigenvalue weighted by Gasteiger charge is -2.07. The van der Waals surface area contributed by atoms with Crippen LogP contribution in [-0.2, 0) is 4.74 Å². The Hall–Kier alpha value is -2.14. The summed E-state index contributed by atoms with van der Waals surface area (Å²) in [5.74, 6) is 1.32. The van der Waals surface area contributed by atoms with Crippen LogP contribution in [-0.4, -0.2) is 23.6 Å².